The lowest BCUT2D eigenvalue weighted by atomic mass is 10.1. The fourth-order valence-corrected chi connectivity index (χ4v) is 1.99. The van der Waals surface area contributed by atoms with Crippen molar-refractivity contribution in [2.75, 3.05) is 6.61 Å². The summed E-state index contributed by atoms with van der Waals surface area (Å²) in [6.45, 7) is 0.391. The maximum absolute atomic E-state index is 12.2. The lowest BCUT2D eigenvalue weighted by Crippen LogP contribution is -2.27. The number of esters is 1. The van der Waals surface area contributed by atoms with Crippen LogP contribution in [0.15, 0.2) is 46.7 Å². The molecule has 1 aromatic heterocycles. The van der Waals surface area contributed by atoms with Crippen LogP contribution in [0.1, 0.15) is 6.92 Å². The van der Waals surface area contributed by atoms with Crippen LogP contribution in [0.4, 0.5) is 0 Å². The summed E-state index contributed by atoms with van der Waals surface area (Å²) in [4.78, 5) is 39.8. The molecule has 2 aromatic rings. The van der Waals surface area contributed by atoms with E-state index in [4.69, 9.17) is 15.7 Å². The number of rotatable bonds is 5. The van der Waals surface area contributed by atoms with Crippen molar-refractivity contribution >= 4 is 22.7 Å². The van der Waals surface area contributed by atoms with Crippen molar-refractivity contribution in [3.63, 3.8) is 0 Å². The van der Waals surface area contributed by atoms with Crippen LogP contribution in [0, 0.1) is 11.3 Å². The van der Waals surface area contributed by atoms with Crippen molar-refractivity contribution in [3.8, 4) is 6.07 Å². The van der Waals surface area contributed by atoms with Crippen molar-refractivity contribution in [1.82, 2.24) is 9.55 Å². The predicted octanol–water partition coefficient (Wildman–Crippen LogP) is 0.265. The highest BCUT2D eigenvalue weighted by molar-refractivity contribution is 6.01. The van der Waals surface area contributed by atoms with Gasteiger partial charge in [-0.2, -0.15) is 5.26 Å². The number of para-hydroxylation sites is 1. The summed E-state index contributed by atoms with van der Waals surface area (Å²) in [5.74, 6) is -1.50. The van der Waals surface area contributed by atoms with Crippen molar-refractivity contribution in [3.05, 3.63) is 52.2 Å². The molecule has 0 saturated carbocycles. The minimum Gasteiger partial charge on any atom is -0.456 e. The number of fused-ring (bicyclic) bond motifs is 1. The third kappa shape index (κ3) is 3.64. The number of ketones is 1. The summed E-state index contributed by atoms with van der Waals surface area (Å²) in [7, 11) is 0. The predicted molar refractivity (Wildman–Crippen MR) is 84.5 cm³/mol. The van der Waals surface area contributed by atoms with Gasteiger partial charge in [0.05, 0.1) is 17.2 Å². The van der Waals surface area contributed by atoms with Crippen LogP contribution in [0.2, 0.25) is 0 Å². The average Bonchev–Trinajstić information content (AvgIpc) is 2.56. The Bertz CT molecular complexity index is 933. The monoisotopic (exact) mass is 326 g/mol. The average molecular weight is 326 g/mol. The number of benzene rings is 1. The smallest absolute Gasteiger partial charge is 0.326 e. The Hall–Kier alpha value is -3.47. The second-order valence-electron chi connectivity index (χ2n) is 4.95. The molecule has 8 heteroatoms. The molecule has 0 radical (unpaired) electrons. The summed E-state index contributed by atoms with van der Waals surface area (Å²) in [5.41, 5.74) is 5.31. The van der Waals surface area contributed by atoms with E-state index < -0.39 is 24.9 Å². The number of hydrogen-bond acceptors (Lipinski definition) is 7. The van der Waals surface area contributed by atoms with Crippen LogP contribution in [0.5, 0.6) is 0 Å². The summed E-state index contributed by atoms with van der Waals surface area (Å²) >= 11 is 0. The number of Topliss-reactive ketones (excluding diaryl/α,β-unsaturated/α-hetero) is 1. The van der Waals surface area contributed by atoms with Crippen LogP contribution in [0.25, 0.3) is 10.9 Å². The largest absolute Gasteiger partial charge is 0.456 e. The Balaban J connectivity index is 2.07. The van der Waals surface area contributed by atoms with E-state index >= 15 is 0 Å². The number of carbonyl (C=O) groups excluding carboxylic acids is 2. The van der Waals surface area contributed by atoms with Gasteiger partial charge in [-0.05, 0) is 19.1 Å². The first-order chi connectivity index (χ1) is 11.4. The highest BCUT2D eigenvalue weighted by Crippen LogP contribution is 2.05. The molecule has 0 unspecified atom stereocenters. The van der Waals surface area contributed by atoms with E-state index in [1.807, 2.05) is 0 Å². The van der Waals surface area contributed by atoms with E-state index in [0.717, 1.165) is 4.57 Å². The number of allylic oxidation sites excluding steroid dienone is 1. The van der Waals surface area contributed by atoms with Gasteiger partial charge in [0.15, 0.2) is 6.61 Å². The number of nitrogens with zero attached hydrogens (tertiary/aromatic N) is 3. The number of carbonyl (C=O) groups is 2. The molecule has 8 nitrogen and oxygen atoms in total. The first-order valence-corrected chi connectivity index (χ1v) is 6.93. The number of hydrogen-bond donors (Lipinski definition) is 1. The number of nitriles is 1. The van der Waals surface area contributed by atoms with E-state index in [9.17, 15) is 14.4 Å². The van der Waals surface area contributed by atoms with Crippen LogP contribution < -0.4 is 11.3 Å². The molecular formula is C16H14N4O4. The zero-order valence-electron chi connectivity index (χ0n) is 12.9. The van der Waals surface area contributed by atoms with Gasteiger partial charge in [-0.1, -0.05) is 12.1 Å². The Morgan fingerprint density at radius 3 is 2.75 bits per heavy atom. The highest BCUT2D eigenvalue weighted by Gasteiger charge is 2.15. The molecule has 2 N–H and O–H groups in total. The molecule has 122 valence electrons. The van der Waals surface area contributed by atoms with Crippen LogP contribution >= 0.6 is 0 Å². The molecule has 0 aliphatic carbocycles. The van der Waals surface area contributed by atoms with Gasteiger partial charge in [0.2, 0.25) is 5.78 Å². The SMILES string of the molecule is C/C(N)=C(\C#N)C(=O)COC(=O)Cn1cnc2ccccc2c1=O. The van der Waals surface area contributed by atoms with E-state index in [1.54, 1.807) is 30.3 Å². The summed E-state index contributed by atoms with van der Waals surface area (Å²) in [6.07, 6.45) is 1.23. The topological polar surface area (TPSA) is 128 Å². The zero-order valence-corrected chi connectivity index (χ0v) is 12.9. The first kappa shape index (κ1) is 16.9. The lowest BCUT2D eigenvalue weighted by Gasteiger charge is -2.07. The second kappa shape index (κ2) is 7.19. The van der Waals surface area contributed by atoms with Gasteiger partial charge in [0, 0.05) is 5.70 Å². The molecular weight excluding hydrogens is 312 g/mol. The van der Waals surface area contributed by atoms with Crippen LogP contribution in [-0.2, 0) is 20.9 Å². The molecule has 0 aliphatic rings. The van der Waals surface area contributed by atoms with E-state index in [-0.39, 0.29) is 16.8 Å². The van der Waals surface area contributed by atoms with E-state index in [2.05, 4.69) is 4.98 Å². The molecule has 2 rings (SSSR count). The second-order valence-corrected chi connectivity index (χ2v) is 4.95. The molecule has 0 fully saturated rings. The Morgan fingerprint density at radius 1 is 1.38 bits per heavy atom. The van der Waals surface area contributed by atoms with Crippen LogP contribution in [0.3, 0.4) is 0 Å². The quantitative estimate of drug-likeness (QED) is 0.474. The summed E-state index contributed by atoms with van der Waals surface area (Å²) < 4.78 is 5.88. The normalized spacial score (nSPS) is 11.5. The van der Waals surface area contributed by atoms with E-state index in [1.165, 1.54) is 13.3 Å². The molecule has 1 heterocycles. The number of aromatic nitrogens is 2. The molecule has 0 aliphatic heterocycles. The van der Waals surface area contributed by atoms with Gasteiger partial charge in [0.1, 0.15) is 18.2 Å². The molecule has 0 saturated heterocycles. The Morgan fingerprint density at radius 2 is 2.08 bits per heavy atom. The Labute approximate surface area is 136 Å². The molecule has 24 heavy (non-hydrogen) atoms. The maximum Gasteiger partial charge on any atom is 0.326 e. The van der Waals surface area contributed by atoms with Crippen molar-refractivity contribution in [2.45, 2.75) is 13.5 Å². The third-order valence-corrected chi connectivity index (χ3v) is 3.18. The van der Waals surface area contributed by atoms with Gasteiger partial charge < -0.3 is 10.5 Å². The first-order valence-electron chi connectivity index (χ1n) is 6.93. The zero-order chi connectivity index (χ0) is 17.7. The fourth-order valence-electron chi connectivity index (χ4n) is 1.99. The van der Waals surface area contributed by atoms with E-state index in [0.29, 0.717) is 10.9 Å². The fraction of sp³-hybridized carbons (Fsp3) is 0.188. The minimum absolute atomic E-state index is 0.0495. The summed E-state index contributed by atoms with van der Waals surface area (Å²) in [5, 5.41) is 9.17. The van der Waals surface area contributed by atoms with Gasteiger partial charge >= 0.3 is 5.97 Å². The third-order valence-electron chi connectivity index (χ3n) is 3.18. The maximum atomic E-state index is 12.2. The highest BCUT2D eigenvalue weighted by atomic mass is 16.5. The number of nitrogens with two attached hydrogens (primary N) is 1. The molecule has 0 bridgehead atoms. The summed E-state index contributed by atoms with van der Waals surface area (Å²) in [6, 6.07) is 8.38. The lowest BCUT2D eigenvalue weighted by molar-refractivity contribution is -0.147. The van der Waals surface area contributed by atoms with Crippen molar-refractivity contribution in [1.29, 1.82) is 5.26 Å². The Kier molecular flexibility index (Phi) is 5.06. The molecule has 1 aromatic carbocycles. The number of ether oxygens (including phenoxy) is 1. The minimum atomic E-state index is -0.797. The molecule has 0 amide bonds. The van der Waals surface area contributed by atoms with Crippen molar-refractivity contribution in [2.24, 2.45) is 5.73 Å². The van der Waals surface area contributed by atoms with Gasteiger partial charge in [0.25, 0.3) is 5.56 Å². The van der Waals surface area contributed by atoms with Gasteiger partial charge in [-0.25, -0.2) is 4.98 Å². The molecule has 0 atom stereocenters. The van der Waals surface area contributed by atoms with Gasteiger partial charge in [-0.3, -0.25) is 19.0 Å². The van der Waals surface area contributed by atoms with Crippen molar-refractivity contribution < 1.29 is 14.3 Å². The standard InChI is InChI=1S/C16H14N4O4/c1-10(18)12(6-17)14(21)8-24-15(22)7-20-9-19-13-5-3-2-4-11(13)16(20)23/h2-5,9H,7-8,18H2,1H3/b12-10-. The van der Waals surface area contributed by atoms with Crippen LogP contribution in [-0.4, -0.2) is 27.9 Å². The molecule has 0 spiro atoms. The van der Waals surface area contributed by atoms with Gasteiger partial charge in [-0.15, -0.1) is 0 Å².